The van der Waals surface area contributed by atoms with Gasteiger partial charge in [0, 0.05) is 33.5 Å². The third-order valence-electron chi connectivity index (χ3n) is 13.2. The molecule has 0 aliphatic heterocycles. The Balaban J connectivity index is 1.05. The van der Waals surface area contributed by atoms with Gasteiger partial charge in [-0.25, -0.2) is 0 Å². The highest BCUT2D eigenvalue weighted by atomic mass is 15.1. The predicted octanol–water partition coefficient (Wildman–Crippen LogP) is 18.6. The molecule has 0 atom stereocenters. The van der Waals surface area contributed by atoms with Crippen LogP contribution in [0.1, 0.15) is 43.4 Å². The van der Waals surface area contributed by atoms with Gasteiger partial charge in [0.2, 0.25) is 0 Å². The first-order valence-electron chi connectivity index (χ1n) is 24.2. The molecule has 0 N–H and O–H groups in total. The standard InChI is InChI=1S/C67H56N2/c1-4-6-28-59(47-42-55-25-19-35-66-67(55)64-32-15-16-34-65(64)69(66)58-29-11-8-12-30-58)68(61-45-40-52(41-46-61)57-27-17-26-56(48-57)51-21-9-7-10-22-51)60-43-38-50(39-44-60)49(3)36-37-53(20-5-2)63-33-18-24-54-23-13-14-31-62(54)63/h4,6-19,21-41,43-48H,1,5,20,42H2,2-3H3/b28-6-,49-36+,53-37+,59-47+. The molecule has 0 fully saturated rings. The minimum atomic E-state index is 0.723. The molecular weight excluding hydrogens is 833 g/mol. The Morgan fingerprint density at radius 2 is 1.14 bits per heavy atom. The quantitative estimate of drug-likeness (QED) is 0.0931. The van der Waals surface area contributed by atoms with Gasteiger partial charge in [0.25, 0.3) is 0 Å². The van der Waals surface area contributed by atoms with Crippen LogP contribution in [0.25, 0.3) is 71.7 Å². The summed E-state index contributed by atoms with van der Waals surface area (Å²) in [5.74, 6) is 0. The molecule has 334 valence electrons. The van der Waals surface area contributed by atoms with Crippen molar-refractivity contribution in [1.29, 1.82) is 0 Å². The number of anilines is 2. The second-order valence-electron chi connectivity index (χ2n) is 17.6. The van der Waals surface area contributed by atoms with Crippen LogP contribution in [-0.2, 0) is 6.42 Å². The fraction of sp³-hybridized carbons (Fsp3) is 0.0746. The summed E-state index contributed by atoms with van der Waals surface area (Å²) in [7, 11) is 0. The molecule has 0 saturated carbocycles. The number of hydrogen-bond acceptors (Lipinski definition) is 1. The summed E-state index contributed by atoms with van der Waals surface area (Å²) in [6.07, 6.45) is 15.9. The van der Waals surface area contributed by atoms with Crippen molar-refractivity contribution in [3.8, 4) is 27.9 Å². The molecular formula is C67H56N2. The molecule has 0 unspecified atom stereocenters. The fourth-order valence-corrected chi connectivity index (χ4v) is 9.77. The lowest BCUT2D eigenvalue weighted by atomic mass is 9.94. The maximum Gasteiger partial charge on any atom is 0.0543 e. The average molecular weight is 889 g/mol. The highest BCUT2D eigenvalue weighted by molar-refractivity contribution is 6.11. The molecule has 0 radical (unpaired) electrons. The Labute approximate surface area is 407 Å². The third kappa shape index (κ3) is 9.44. The lowest BCUT2D eigenvalue weighted by Crippen LogP contribution is -2.15. The van der Waals surface area contributed by atoms with Gasteiger partial charge in [-0.2, -0.15) is 0 Å². The van der Waals surface area contributed by atoms with E-state index in [4.69, 9.17) is 0 Å². The van der Waals surface area contributed by atoms with Crippen molar-refractivity contribution in [1.82, 2.24) is 4.57 Å². The van der Waals surface area contributed by atoms with E-state index in [9.17, 15) is 0 Å². The number of nitrogens with zero attached hydrogens (tertiary/aromatic N) is 2. The molecule has 0 aliphatic rings. The van der Waals surface area contributed by atoms with Crippen LogP contribution in [0.5, 0.6) is 0 Å². The third-order valence-corrected chi connectivity index (χ3v) is 13.2. The second kappa shape index (κ2) is 20.6. The predicted molar refractivity (Wildman–Crippen MR) is 298 cm³/mol. The first-order valence-corrected chi connectivity index (χ1v) is 24.2. The number of para-hydroxylation sites is 2. The number of allylic oxidation sites excluding steroid dienone is 8. The van der Waals surface area contributed by atoms with Crippen molar-refractivity contribution in [2.24, 2.45) is 0 Å². The summed E-state index contributed by atoms with van der Waals surface area (Å²) in [5, 5.41) is 5.10. The van der Waals surface area contributed by atoms with E-state index in [1.54, 1.807) is 0 Å². The number of rotatable bonds is 15. The van der Waals surface area contributed by atoms with Crippen molar-refractivity contribution in [3.63, 3.8) is 0 Å². The van der Waals surface area contributed by atoms with Crippen molar-refractivity contribution in [2.45, 2.75) is 33.1 Å². The van der Waals surface area contributed by atoms with Crippen molar-refractivity contribution in [2.75, 3.05) is 4.90 Å². The smallest absolute Gasteiger partial charge is 0.0543 e. The largest absolute Gasteiger partial charge is 0.311 e. The van der Waals surface area contributed by atoms with E-state index >= 15 is 0 Å². The number of hydrogen-bond donors (Lipinski definition) is 0. The lowest BCUT2D eigenvalue weighted by Gasteiger charge is -2.27. The molecule has 69 heavy (non-hydrogen) atoms. The maximum absolute atomic E-state index is 4.10. The van der Waals surface area contributed by atoms with Crippen molar-refractivity contribution < 1.29 is 0 Å². The Morgan fingerprint density at radius 3 is 1.88 bits per heavy atom. The summed E-state index contributed by atoms with van der Waals surface area (Å²) < 4.78 is 2.39. The monoisotopic (exact) mass is 888 g/mol. The SMILES string of the molecule is C=C/C=C\C(=C/Cc1cccc2c1c1ccccc1n2-c1ccccc1)N(c1ccc(/C(C)=C/C=C(\CCC)c2cccc3ccccc23)cc1)c1ccc(-c2cccc(-c3ccccc3)c2)cc1. The van der Waals surface area contributed by atoms with Gasteiger partial charge in [-0.3, -0.25) is 0 Å². The van der Waals surface area contributed by atoms with E-state index in [2.05, 4.69) is 273 Å². The number of benzene rings is 9. The van der Waals surface area contributed by atoms with Gasteiger partial charge in [0.15, 0.2) is 0 Å². The van der Waals surface area contributed by atoms with Crippen molar-refractivity contribution in [3.05, 3.63) is 284 Å². The van der Waals surface area contributed by atoms with Crippen LogP contribution >= 0.6 is 0 Å². The van der Waals surface area contributed by atoms with Crippen molar-refractivity contribution >= 4 is 55.1 Å². The summed E-state index contributed by atoms with van der Waals surface area (Å²) in [5.41, 5.74) is 17.9. The van der Waals surface area contributed by atoms with Gasteiger partial charge in [-0.05, 0) is 141 Å². The molecule has 9 aromatic carbocycles. The first-order chi connectivity index (χ1) is 34.1. The van der Waals surface area contributed by atoms with Crippen LogP contribution in [0.4, 0.5) is 11.4 Å². The van der Waals surface area contributed by atoms with Crippen LogP contribution in [0.3, 0.4) is 0 Å². The maximum atomic E-state index is 4.10. The van der Waals surface area contributed by atoms with Crippen LogP contribution in [0.15, 0.2) is 267 Å². The Hall–Kier alpha value is -8.46. The van der Waals surface area contributed by atoms with E-state index < -0.39 is 0 Å². The molecule has 2 heteroatoms. The first kappa shape index (κ1) is 44.4. The molecule has 0 aliphatic carbocycles. The molecule has 1 aromatic heterocycles. The summed E-state index contributed by atoms with van der Waals surface area (Å²) in [6.45, 7) is 8.57. The van der Waals surface area contributed by atoms with Crippen LogP contribution < -0.4 is 4.90 Å². The molecule has 0 spiro atoms. The molecule has 10 rings (SSSR count). The average Bonchev–Trinajstić information content (AvgIpc) is 3.76. The zero-order valence-electron chi connectivity index (χ0n) is 39.5. The van der Waals surface area contributed by atoms with Gasteiger partial charge < -0.3 is 9.47 Å². The molecule has 0 bridgehead atoms. The Bertz CT molecular complexity index is 3520. The summed E-state index contributed by atoms with van der Waals surface area (Å²) in [6, 6.07) is 79.0. The zero-order valence-corrected chi connectivity index (χ0v) is 39.5. The zero-order chi connectivity index (χ0) is 46.9. The highest BCUT2D eigenvalue weighted by Gasteiger charge is 2.18. The van der Waals surface area contributed by atoms with E-state index in [1.807, 2.05) is 12.2 Å². The van der Waals surface area contributed by atoms with Gasteiger partial charge in [-0.15, -0.1) is 0 Å². The lowest BCUT2D eigenvalue weighted by molar-refractivity contribution is 0.974. The van der Waals surface area contributed by atoms with Crippen LogP contribution in [0, 0.1) is 0 Å². The summed E-state index contributed by atoms with van der Waals surface area (Å²) in [4.78, 5) is 2.38. The van der Waals surface area contributed by atoms with E-state index in [-0.39, 0.29) is 0 Å². The summed E-state index contributed by atoms with van der Waals surface area (Å²) >= 11 is 0. The Kier molecular flexibility index (Phi) is 13.2. The van der Waals surface area contributed by atoms with Crippen LogP contribution in [0.2, 0.25) is 0 Å². The highest BCUT2D eigenvalue weighted by Crippen LogP contribution is 2.38. The minimum absolute atomic E-state index is 0.723. The normalized spacial score (nSPS) is 12.3. The minimum Gasteiger partial charge on any atom is -0.311 e. The molecule has 1 heterocycles. The number of fused-ring (bicyclic) bond motifs is 4. The van der Waals surface area contributed by atoms with Gasteiger partial charge >= 0.3 is 0 Å². The molecule has 0 saturated heterocycles. The van der Waals surface area contributed by atoms with Crippen LogP contribution in [-0.4, -0.2) is 4.57 Å². The number of aromatic nitrogens is 1. The molecule has 2 nitrogen and oxygen atoms in total. The van der Waals surface area contributed by atoms with Gasteiger partial charge in [0.05, 0.1) is 11.0 Å². The Morgan fingerprint density at radius 1 is 0.551 bits per heavy atom. The topological polar surface area (TPSA) is 8.17 Å². The van der Waals surface area contributed by atoms with Gasteiger partial charge in [-0.1, -0.05) is 214 Å². The van der Waals surface area contributed by atoms with E-state index in [0.29, 0.717) is 0 Å². The van der Waals surface area contributed by atoms with E-state index in [0.717, 1.165) is 42.0 Å². The van der Waals surface area contributed by atoms with E-state index in [1.165, 1.54) is 82.7 Å². The fourth-order valence-electron chi connectivity index (χ4n) is 9.77. The molecule has 0 amide bonds. The van der Waals surface area contributed by atoms with Gasteiger partial charge in [0.1, 0.15) is 0 Å². The molecule has 10 aromatic rings. The second-order valence-corrected chi connectivity index (χ2v) is 17.6.